The lowest BCUT2D eigenvalue weighted by molar-refractivity contribution is -0.137. The minimum absolute atomic E-state index is 0.165. The fourth-order valence-electron chi connectivity index (χ4n) is 2.18. The maximum absolute atomic E-state index is 12.8. The van der Waals surface area contributed by atoms with Crippen LogP contribution in [0, 0.1) is 5.82 Å². The first-order chi connectivity index (χ1) is 11.8. The second-order valence-corrected chi connectivity index (χ2v) is 5.48. The van der Waals surface area contributed by atoms with Crippen LogP contribution in [-0.2, 0) is 17.4 Å². The number of carbonyl (C=O) groups excluding carboxylic acids is 1. The maximum Gasteiger partial charge on any atom is 0.416 e. The Morgan fingerprint density at radius 1 is 0.920 bits per heavy atom. The van der Waals surface area contributed by atoms with E-state index in [2.05, 4.69) is 10.6 Å². The number of hydrogen-bond donors (Lipinski definition) is 2. The van der Waals surface area contributed by atoms with Gasteiger partial charge in [-0.2, -0.15) is 13.2 Å². The summed E-state index contributed by atoms with van der Waals surface area (Å²) in [6, 6.07) is 10.7. The molecule has 3 nitrogen and oxygen atoms in total. The van der Waals surface area contributed by atoms with Crippen molar-refractivity contribution in [3.63, 3.8) is 0 Å². The summed E-state index contributed by atoms with van der Waals surface area (Å²) in [5.41, 5.74) is 0.730. The Labute approximate surface area is 143 Å². The molecule has 0 spiro atoms. The average Bonchev–Trinajstić information content (AvgIpc) is 2.56. The standard InChI is InChI=1S/C18H18F4N2O/c19-15-5-1-13(2-6-15)9-11-24-17(25)10-12-23-16-7-3-14(4-8-16)18(20,21)22/h1-8,23H,9-12H2,(H,24,25). The first kappa shape index (κ1) is 18.8. The van der Waals surface area contributed by atoms with Crippen molar-refractivity contribution in [3.8, 4) is 0 Å². The minimum Gasteiger partial charge on any atom is -0.385 e. The van der Waals surface area contributed by atoms with E-state index < -0.39 is 11.7 Å². The highest BCUT2D eigenvalue weighted by Gasteiger charge is 2.29. The number of benzene rings is 2. The summed E-state index contributed by atoms with van der Waals surface area (Å²) in [6.45, 7) is 0.749. The van der Waals surface area contributed by atoms with Gasteiger partial charge in [-0.3, -0.25) is 4.79 Å². The van der Waals surface area contributed by atoms with Crippen LogP contribution in [0.3, 0.4) is 0 Å². The molecule has 7 heteroatoms. The van der Waals surface area contributed by atoms with Crippen molar-refractivity contribution in [1.82, 2.24) is 5.32 Å². The molecular weight excluding hydrogens is 336 g/mol. The van der Waals surface area contributed by atoms with Crippen LogP contribution in [-0.4, -0.2) is 19.0 Å². The largest absolute Gasteiger partial charge is 0.416 e. The van der Waals surface area contributed by atoms with Crippen LogP contribution >= 0.6 is 0 Å². The van der Waals surface area contributed by atoms with Gasteiger partial charge in [0, 0.05) is 25.2 Å². The smallest absolute Gasteiger partial charge is 0.385 e. The molecule has 25 heavy (non-hydrogen) atoms. The topological polar surface area (TPSA) is 41.1 Å². The van der Waals surface area contributed by atoms with Crippen LogP contribution in [0.5, 0.6) is 0 Å². The molecule has 1 amide bonds. The third-order valence-electron chi connectivity index (χ3n) is 3.54. The molecule has 2 aromatic rings. The summed E-state index contributed by atoms with van der Waals surface area (Å²) in [5.74, 6) is -0.469. The lowest BCUT2D eigenvalue weighted by Gasteiger charge is -2.10. The molecule has 0 atom stereocenters. The minimum atomic E-state index is -4.36. The van der Waals surface area contributed by atoms with Crippen molar-refractivity contribution in [3.05, 3.63) is 65.5 Å². The van der Waals surface area contributed by atoms with Crippen molar-refractivity contribution in [2.24, 2.45) is 0 Å². The Kier molecular flexibility index (Phi) is 6.38. The highest BCUT2D eigenvalue weighted by atomic mass is 19.4. The Hall–Kier alpha value is -2.57. The van der Waals surface area contributed by atoms with Gasteiger partial charge < -0.3 is 10.6 Å². The van der Waals surface area contributed by atoms with Crippen molar-refractivity contribution < 1.29 is 22.4 Å². The van der Waals surface area contributed by atoms with Gasteiger partial charge in [-0.1, -0.05) is 12.1 Å². The molecule has 0 radical (unpaired) electrons. The molecule has 134 valence electrons. The van der Waals surface area contributed by atoms with E-state index in [0.29, 0.717) is 25.2 Å². The molecule has 0 bridgehead atoms. The van der Waals surface area contributed by atoms with E-state index in [9.17, 15) is 22.4 Å². The molecule has 0 fully saturated rings. The van der Waals surface area contributed by atoms with E-state index in [1.54, 1.807) is 12.1 Å². The molecule has 0 aromatic heterocycles. The van der Waals surface area contributed by atoms with Crippen LogP contribution < -0.4 is 10.6 Å². The van der Waals surface area contributed by atoms with Gasteiger partial charge in [0.05, 0.1) is 5.56 Å². The van der Waals surface area contributed by atoms with Crippen LogP contribution in [0.25, 0.3) is 0 Å². The third kappa shape index (κ3) is 6.45. The molecular formula is C18H18F4N2O. The van der Waals surface area contributed by atoms with Gasteiger partial charge in [0.25, 0.3) is 0 Å². The first-order valence-corrected chi connectivity index (χ1v) is 7.77. The number of rotatable bonds is 7. The molecule has 0 aliphatic heterocycles. The summed E-state index contributed by atoms with van der Waals surface area (Å²) in [4.78, 5) is 11.7. The van der Waals surface area contributed by atoms with Crippen molar-refractivity contribution >= 4 is 11.6 Å². The lowest BCUT2D eigenvalue weighted by atomic mass is 10.1. The Balaban J connectivity index is 1.65. The van der Waals surface area contributed by atoms with Gasteiger partial charge in [-0.05, 0) is 48.4 Å². The number of anilines is 1. The van der Waals surface area contributed by atoms with E-state index >= 15 is 0 Å². The van der Waals surface area contributed by atoms with Gasteiger partial charge in [0.15, 0.2) is 0 Å². The molecule has 0 unspecified atom stereocenters. The fraction of sp³-hybridized carbons (Fsp3) is 0.278. The summed E-state index contributed by atoms with van der Waals surface area (Å²) in [6.07, 6.45) is -3.56. The van der Waals surface area contributed by atoms with Gasteiger partial charge in [0.2, 0.25) is 5.91 Å². The normalized spacial score (nSPS) is 11.2. The molecule has 0 aliphatic rings. The SMILES string of the molecule is O=C(CCNc1ccc(C(F)(F)F)cc1)NCCc1ccc(F)cc1. The second-order valence-electron chi connectivity index (χ2n) is 5.48. The molecule has 0 saturated carbocycles. The number of hydrogen-bond acceptors (Lipinski definition) is 2. The van der Waals surface area contributed by atoms with Gasteiger partial charge >= 0.3 is 6.18 Å². The number of alkyl halides is 3. The van der Waals surface area contributed by atoms with E-state index in [4.69, 9.17) is 0 Å². The van der Waals surface area contributed by atoms with E-state index in [-0.39, 0.29) is 18.1 Å². The average molecular weight is 354 g/mol. The number of carbonyl (C=O) groups is 1. The predicted molar refractivity (Wildman–Crippen MR) is 87.7 cm³/mol. The highest BCUT2D eigenvalue weighted by Crippen LogP contribution is 2.29. The zero-order valence-corrected chi connectivity index (χ0v) is 13.4. The summed E-state index contributed by atoms with van der Waals surface area (Å²) in [5, 5.41) is 5.64. The van der Waals surface area contributed by atoms with E-state index in [1.165, 1.54) is 24.3 Å². The molecule has 2 rings (SSSR count). The summed E-state index contributed by atoms with van der Waals surface area (Å²) in [7, 11) is 0. The molecule has 0 saturated heterocycles. The van der Waals surface area contributed by atoms with Gasteiger partial charge in [-0.25, -0.2) is 4.39 Å². The van der Waals surface area contributed by atoms with Gasteiger partial charge in [-0.15, -0.1) is 0 Å². The molecule has 0 aliphatic carbocycles. The van der Waals surface area contributed by atoms with E-state index in [0.717, 1.165) is 17.7 Å². The summed E-state index contributed by atoms with van der Waals surface area (Å²) < 4.78 is 50.1. The summed E-state index contributed by atoms with van der Waals surface area (Å²) >= 11 is 0. The highest BCUT2D eigenvalue weighted by molar-refractivity contribution is 5.76. The van der Waals surface area contributed by atoms with Crippen molar-refractivity contribution in [1.29, 1.82) is 0 Å². The monoisotopic (exact) mass is 354 g/mol. The lowest BCUT2D eigenvalue weighted by Crippen LogP contribution is -2.27. The predicted octanol–water partition coefficient (Wildman–Crippen LogP) is 4.01. The first-order valence-electron chi connectivity index (χ1n) is 7.77. The van der Waals surface area contributed by atoms with E-state index in [1.807, 2.05) is 0 Å². The van der Waals surface area contributed by atoms with Crippen LogP contribution in [0.4, 0.5) is 23.2 Å². The Morgan fingerprint density at radius 3 is 2.16 bits per heavy atom. The number of amides is 1. The number of halogens is 4. The Bertz CT molecular complexity index is 682. The van der Waals surface area contributed by atoms with Crippen LogP contribution in [0.15, 0.2) is 48.5 Å². The third-order valence-corrected chi connectivity index (χ3v) is 3.54. The van der Waals surface area contributed by atoms with Crippen LogP contribution in [0.1, 0.15) is 17.5 Å². The van der Waals surface area contributed by atoms with Crippen LogP contribution in [0.2, 0.25) is 0 Å². The molecule has 0 heterocycles. The van der Waals surface area contributed by atoms with Crippen molar-refractivity contribution in [2.45, 2.75) is 19.0 Å². The zero-order valence-electron chi connectivity index (χ0n) is 13.4. The quantitative estimate of drug-likeness (QED) is 0.738. The molecule has 2 aromatic carbocycles. The molecule has 2 N–H and O–H groups in total. The fourth-order valence-corrected chi connectivity index (χ4v) is 2.18. The van der Waals surface area contributed by atoms with Gasteiger partial charge in [0.1, 0.15) is 5.82 Å². The maximum atomic E-state index is 12.8. The number of nitrogens with one attached hydrogen (secondary N) is 2. The Morgan fingerprint density at radius 2 is 1.56 bits per heavy atom. The van der Waals surface area contributed by atoms with Crippen molar-refractivity contribution in [2.75, 3.05) is 18.4 Å². The zero-order chi connectivity index (χ0) is 18.3. The second kappa shape index (κ2) is 8.50.